The normalized spacial score (nSPS) is 12.1. The predicted octanol–water partition coefficient (Wildman–Crippen LogP) is 0.488. The van der Waals surface area contributed by atoms with Crippen LogP contribution in [0.15, 0.2) is 12.7 Å². The summed E-state index contributed by atoms with van der Waals surface area (Å²) >= 11 is 0. The molecule has 9 heavy (non-hydrogen) atoms. The molecule has 0 amide bonds. The number of hydrogen-bond donors (Lipinski definition) is 1. The van der Waals surface area contributed by atoms with Crippen LogP contribution in [0.4, 0.5) is 0 Å². The van der Waals surface area contributed by atoms with Crippen molar-refractivity contribution in [1.82, 2.24) is 0 Å². The van der Waals surface area contributed by atoms with Crippen LogP contribution < -0.4 is 0 Å². The number of rotatable bonds is 3. The molecule has 1 atom stereocenters. The van der Waals surface area contributed by atoms with Crippen LogP contribution in [0.1, 0.15) is 6.42 Å². The molecule has 0 aromatic carbocycles. The molecule has 0 aliphatic heterocycles. The minimum Gasteiger partial charge on any atom is -0.393 e. The third kappa shape index (κ3) is 5.27. The van der Waals surface area contributed by atoms with E-state index in [1.165, 1.54) is 6.08 Å². The van der Waals surface area contributed by atoms with Crippen LogP contribution in [0, 0.1) is 0 Å². The second-order valence-corrected chi connectivity index (χ2v) is 1.97. The molecule has 0 bridgehead atoms. The number of hydrogen-bond acceptors (Lipinski definition) is 3. The Kier molecular flexibility index (Phi) is 4.01. The Morgan fingerprint density at radius 2 is 2.44 bits per heavy atom. The summed E-state index contributed by atoms with van der Waals surface area (Å²) < 4.78 is 13.7. The van der Waals surface area contributed by atoms with Crippen molar-refractivity contribution < 1.29 is 18.8 Å². The lowest BCUT2D eigenvalue weighted by Gasteiger charge is -1.93. The molecule has 0 heterocycles. The van der Waals surface area contributed by atoms with E-state index in [9.17, 15) is 9.36 Å². The van der Waals surface area contributed by atoms with E-state index in [0.29, 0.717) is 0 Å². The van der Waals surface area contributed by atoms with Gasteiger partial charge in [0.15, 0.2) is 0 Å². The number of carbonyl (C=O) groups excluding carboxylic acids is 1. The van der Waals surface area contributed by atoms with Crippen molar-refractivity contribution in [3.63, 3.8) is 0 Å². The average Bonchev–Trinajstić information content (AvgIpc) is 1.63. The van der Waals surface area contributed by atoms with Crippen molar-refractivity contribution in [2.24, 2.45) is 0 Å². The molecule has 0 aliphatic rings. The molecule has 1 N–H and O–H groups in total. The summed E-state index contributed by atoms with van der Waals surface area (Å²) in [7, 11) is -3.10. The first-order valence-electron chi connectivity index (χ1n) is 2.21. The zero-order valence-corrected chi connectivity index (χ0v) is 5.66. The van der Waals surface area contributed by atoms with Crippen LogP contribution in [0.2, 0.25) is 0 Å². The van der Waals surface area contributed by atoms with Gasteiger partial charge in [0.1, 0.15) is 0 Å². The lowest BCUT2D eigenvalue weighted by atomic mass is 10.4. The van der Waals surface area contributed by atoms with Gasteiger partial charge in [-0.05, 0) is 0 Å². The molecule has 0 spiro atoms. The summed E-state index contributed by atoms with van der Waals surface area (Å²) in [5.41, 5.74) is 0. The Labute approximate surface area is 53.1 Å². The maximum atomic E-state index is 10.2. The van der Waals surface area contributed by atoms with E-state index >= 15 is 0 Å². The van der Waals surface area contributed by atoms with E-state index in [1.54, 1.807) is 0 Å². The molecule has 0 aromatic heterocycles. The summed E-state index contributed by atoms with van der Waals surface area (Å²) in [5, 5.41) is 0. The highest BCUT2D eigenvalue weighted by molar-refractivity contribution is 7.32. The maximum Gasteiger partial charge on any atom is 0.367 e. The predicted molar refractivity (Wildman–Crippen MR) is 32.1 cm³/mol. The lowest BCUT2D eigenvalue weighted by molar-refractivity contribution is -0.133. The minimum atomic E-state index is -3.10. The fraction of sp³-hybridized carbons (Fsp3) is 0.250. The van der Waals surface area contributed by atoms with Gasteiger partial charge >= 0.3 is 14.2 Å². The van der Waals surface area contributed by atoms with Gasteiger partial charge < -0.3 is 9.42 Å². The molecule has 0 saturated heterocycles. The molecule has 0 fully saturated rings. The zero-order chi connectivity index (χ0) is 7.28. The summed E-state index contributed by atoms with van der Waals surface area (Å²) in [4.78, 5) is 18.2. The second-order valence-electron chi connectivity index (χ2n) is 1.23. The van der Waals surface area contributed by atoms with E-state index in [-0.39, 0.29) is 6.42 Å². The Bertz CT molecular complexity index is 142. The van der Waals surface area contributed by atoms with Crippen LogP contribution in [-0.2, 0) is 13.9 Å². The monoisotopic (exact) mass is 150 g/mol. The summed E-state index contributed by atoms with van der Waals surface area (Å²) in [6.07, 6.45) is 1.27. The van der Waals surface area contributed by atoms with Crippen LogP contribution in [0.5, 0.6) is 0 Å². The Morgan fingerprint density at radius 1 is 1.89 bits per heavy atom. The van der Waals surface area contributed by atoms with Crippen molar-refractivity contribution in [3.8, 4) is 0 Å². The van der Waals surface area contributed by atoms with Gasteiger partial charge in [0.25, 0.3) is 0 Å². The fourth-order valence-corrected chi connectivity index (χ4v) is 0.535. The summed E-state index contributed by atoms with van der Waals surface area (Å²) in [6.45, 7) is 3.23. The van der Waals surface area contributed by atoms with Crippen LogP contribution in [0.3, 0.4) is 0 Å². The van der Waals surface area contributed by atoms with Crippen molar-refractivity contribution in [2.45, 2.75) is 6.42 Å². The minimum absolute atomic E-state index is 0.0308. The second kappa shape index (κ2) is 4.30. The standard InChI is InChI=1S/C4H7O4P/c1-2-3-4(5)8-9(6)7/h2,9H,1,3H2,(H,6,7). The highest BCUT2D eigenvalue weighted by Gasteiger charge is 2.00. The van der Waals surface area contributed by atoms with Crippen LogP contribution >= 0.6 is 8.25 Å². The highest BCUT2D eigenvalue weighted by Crippen LogP contribution is 2.14. The topological polar surface area (TPSA) is 63.6 Å². The fourth-order valence-electron chi connectivity index (χ4n) is 0.257. The van der Waals surface area contributed by atoms with Gasteiger partial charge in [-0.1, -0.05) is 6.08 Å². The third-order valence-electron chi connectivity index (χ3n) is 0.512. The molecule has 0 rings (SSSR count). The van der Waals surface area contributed by atoms with E-state index < -0.39 is 14.2 Å². The largest absolute Gasteiger partial charge is 0.393 e. The van der Waals surface area contributed by atoms with Gasteiger partial charge in [-0.15, -0.1) is 6.58 Å². The average molecular weight is 150 g/mol. The van der Waals surface area contributed by atoms with E-state index in [4.69, 9.17) is 4.89 Å². The van der Waals surface area contributed by atoms with Crippen molar-refractivity contribution >= 4 is 14.2 Å². The molecule has 0 radical (unpaired) electrons. The van der Waals surface area contributed by atoms with Gasteiger partial charge in [-0.25, -0.2) is 4.57 Å². The first-order valence-corrected chi connectivity index (χ1v) is 3.47. The van der Waals surface area contributed by atoms with Gasteiger partial charge in [0.2, 0.25) is 0 Å². The van der Waals surface area contributed by atoms with Gasteiger partial charge in [-0.2, -0.15) is 0 Å². The highest BCUT2D eigenvalue weighted by atomic mass is 31.1. The van der Waals surface area contributed by atoms with Crippen molar-refractivity contribution in [3.05, 3.63) is 12.7 Å². The quantitative estimate of drug-likeness (QED) is 0.469. The lowest BCUT2D eigenvalue weighted by Crippen LogP contribution is -1.94. The smallest absolute Gasteiger partial charge is 0.367 e. The Balaban J connectivity index is 3.50. The summed E-state index contributed by atoms with van der Waals surface area (Å²) in [6, 6.07) is 0. The van der Waals surface area contributed by atoms with Crippen molar-refractivity contribution in [1.29, 1.82) is 0 Å². The Hall–Kier alpha value is -0.600. The SMILES string of the molecule is C=CCC(=O)O[PH](=O)O. The van der Waals surface area contributed by atoms with E-state index in [2.05, 4.69) is 11.1 Å². The van der Waals surface area contributed by atoms with E-state index in [0.717, 1.165) is 0 Å². The van der Waals surface area contributed by atoms with Crippen LogP contribution in [-0.4, -0.2) is 10.9 Å². The molecule has 0 saturated carbocycles. The third-order valence-corrected chi connectivity index (χ3v) is 0.914. The van der Waals surface area contributed by atoms with Gasteiger partial charge in [0.05, 0.1) is 6.42 Å². The van der Waals surface area contributed by atoms with Gasteiger partial charge in [0, 0.05) is 0 Å². The maximum absolute atomic E-state index is 10.2. The molecular weight excluding hydrogens is 143 g/mol. The van der Waals surface area contributed by atoms with Gasteiger partial charge in [-0.3, -0.25) is 4.79 Å². The Morgan fingerprint density at radius 3 is 2.78 bits per heavy atom. The van der Waals surface area contributed by atoms with E-state index in [1.807, 2.05) is 0 Å². The molecule has 0 aliphatic carbocycles. The zero-order valence-electron chi connectivity index (χ0n) is 4.66. The first-order chi connectivity index (χ1) is 4.16. The molecule has 52 valence electrons. The first kappa shape index (κ1) is 8.40. The molecule has 1 unspecified atom stereocenters. The van der Waals surface area contributed by atoms with Crippen molar-refractivity contribution in [2.75, 3.05) is 0 Å². The molecular formula is C4H7O4P. The molecule has 5 heteroatoms. The number of carbonyl (C=O) groups is 1. The molecule has 0 aromatic rings. The molecule has 4 nitrogen and oxygen atoms in total. The van der Waals surface area contributed by atoms with Crippen LogP contribution in [0.25, 0.3) is 0 Å². The summed E-state index contributed by atoms with van der Waals surface area (Å²) in [5.74, 6) is -0.726.